The number of aliphatic hydroxyl groups excluding tert-OH is 1. The third-order valence-electron chi connectivity index (χ3n) is 1.79. The van der Waals surface area contributed by atoms with Gasteiger partial charge in [0, 0.05) is 0 Å². The number of aliphatic hydroxyl groups is 1. The van der Waals surface area contributed by atoms with Crippen LogP contribution in [-0.4, -0.2) is 32.3 Å². The van der Waals surface area contributed by atoms with Gasteiger partial charge in [0.2, 0.25) is 0 Å². The van der Waals surface area contributed by atoms with Crippen LogP contribution in [0.2, 0.25) is 0 Å². The highest BCUT2D eigenvalue weighted by Gasteiger charge is 2.17. The van der Waals surface area contributed by atoms with Crippen LogP contribution in [-0.2, 0) is 11.3 Å². The van der Waals surface area contributed by atoms with Crippen molar-refractivity contribution in [3.8, 4) is 0 Å². The maximum absolute atomic E-state index is 10.5. The Kier molecular flexibility index (Phi) is 4.46. The standard InChI is InChI=1S/C9H13N3O4/c1-2-5-16-7-8(13)6-11-4-3-10-9(11)12(14)15/h2-5,8,13H,6-7H2,1H3/b5-2+. The molecule has 7 heteroatoms. The van der Waals surface area contributed by atoms with E-state index < -0.39 is 11.0 Å². The van der Waals surface area contributed by atoms with E-state index in [2.05, 4.69) is 4.98 Å². The fourth-order valence-electron chi connectivity index (χ4n) is 1.16. The molecule has 0 saturated carbocycles. The fraction of sp³-hybridized carbons (Fsp3) is 0.444. The zero-order valence-corrected chi connectivity index (χ0v) is 8.81. The van der Waals surface area contributed by atoms with Crippen LogP contribution < -0.4 is 0 Å². The Bertz CT molecular complexity index is 375. The number of rotatable bonds is 6. The monoisotopic (exact) mass is 227 g/mol. The second kappa shape index (κ2) is 5.86. The Morgan fingerprint density at radius 3 is 3.19 bits per heavy atom. The van der Waals surface area contributed by atoms with Crippen molar-refractivity contribution in [1.82, 2.24) is 9.55 Å². The summed E-state index contributed by atoms with van der Waals surface area (Å²) in [5.74, 6) is -0.287. The molecule has 1 heterocycles. The molecule has 0 saturated heterocycles. The smallest absolute Gasteiger partial charge is 0.434 e. The number of hydrogen-bond acceptors (Lipinski definition) is 5. The van der Waals surface area contributed by atoms with E-state index in [9.17, 15) is 15.2 Å². The van der Waals surface area contributed by atoms with Crippen molar-refractivity contribution in [3.63, 3.8) is 0 Å². The average Bonchev–Trinajstić information content (AvgIpc) is 2.66. The predicted molar refractivity (Wildman–Crippen MR) is 55.7 cm³/mol. The summed E-state index contributed by atoms with van der Waals surface area (Å²) in [5, 5.41) is 20.0. The van der Waals surface area contributed by atoms with Gasteiger partial charge in [0.25, 0.3) is 0 Å². The Morgan fingerprint density at radius 1 is 1.81 bits per heavy atom. The Morgan fingerprint density at radius 2 is 2.56 bits per heavy atom. The summed E-state index contributed by atoms with van der Waals surface area (Å²) in [6.45, 7) is 1.95. The minimum atomic E-state index is -0.816. The van der Waals surface area contributed by atoms with Gasteiger partial charge in [0.15, 0.2) is 0 Å². The molecule has 1 atom stereocenters. The van der Waals surface area contributed by atoms with Gasteiger partial charge in [-0.2, -0.15) is 0 Å². The summed E-state index contributed by atoms with van der Waals surface area (Å²) in [7, 11) is 0. The molecule has 0 bridgehead atoms. The van der Waals surface area contributed by atoms with E-state index in [0.717, 1.165) is 0 Å². The lowest BCUT2D eigenvalue weighted by molar-refractivity contribution is -0.397. The number of nitrogens with zero attached hydrogens (tertiary/aromatic N) is 3. The van der Waals surface area contributed by atoms with E-state index in [1.54, 1.807) is 13.0 Å². The zero-order valence-electron chi connectivity index (χ0n) is 8.81. The zero-order chi connectivity index (χ0) is 12.0. The molecule has 0 aliphatic carbocycles. The lowest BCUT2D eigenvalue weighted by Gasteiger charge is -2.08. The number of ether oxygens (including phenoxy) is 1. The highest BCUT2D eigenvalue weighted by molar-refractivity contribution is 5.06. The van der Waals surface area contributed by atoms with Crippen molar-refractivity contribution in [2.75, 3.05) is 6.61 Å². The predicted octanol–water partition coefficient (Wildman–Crippen LogP) is 0.702. The van der Waals surface area contributed by atoms with Crippen molar-refractivity contribution < 1.29 is 14.8 Å². The van der Waals surface area contributed by atoms with Gasteiger partial charge < -0.3 is 20.0 Å². The topological polar surface area (TPSA) is 90.4 Å². The molecule has 1 unspecified atom stereocenters. The van der Waals surface area contributed by atoms with Crippen LogP contribution in [0, 0.1) is 10.1 Å². The molecule has 0 aliphatic heterocycles. The number of imidazole rings is 1. The average molecular weight is 227 g/mol. The Hall–Kier alpha value is -1.89. The Labute approximate surface area is 92.1 Å². The van der Waals surface area contributed by atoms with Crippen molar-refractivity contribution in [3.05, 3.63) is 34.8 Å². The van der Waals surface area contributed by atoms with Crippen LogP contribution in [0.25, 0.3) is 0 Å². The lowest BCUT2D eigenvalue weighted by atomic mass is 10.4. The van der Waals surface area contributed by atoms with E-state index in [4.69, 9.17) is 4.74 Å². The highest BCUT2D eigenvalue weighted by Crippen LogP contribution is 2.08. The molecule has 0 radical (unpaired) electrons. The summed E-state index contributed by atoms with van der Waals surface area (Å²) in [5.41, 5.74) is 0. The van der Waals surface area contributed by atoms with Gasteiger partial charge in [-0.25, -0.2) is 4.57 Å². The molecule has 0 aromatic carbocycles. The third kappa shape index (κ3) is 3.35. The molecule has 0 aliphatic rings. The van der Waals surface area contributed by atoms with Crippen LogP contribution in [0.3, 0.4) is 0 Å². The highest BCUT2D eigenvalue weighted by atomic mass is 16.6. The first-order chi connectivity index (χ1) is 7.65. The summed E-state index contributed by atoms with van der Waals surface area (Å²) in [6, 6.07) is 0. The first kappa shape index (κ1) is 12.2. The van der Waals surface area contributed by atoms with Crippen LogP contribution in [0.1, 0.15) is 6.92 Å². The van der Waals surface area contributed by atoms with Crippen LogP contribution in [0.4, 0.5) is 5.95 Å². The van der Waals surface area contributed by atoms with Crippen molar-refractivity contribution in [2.24, 2.45) is 0 Å². The first-order valence-electron chi connectivity index (χ1n) is 4.71. The molecule has 16 heavy (non-hydrogen) atoms. The SMILES string of the molecule is C/C=C/OCC(O)Cn1ccnc1[N+](=O)[O-]. The van der Waals surface area contributed by atoms with Crippen molar-refractivity contribution in [2.45, 2.75) is 19.6 Å². The number of allylic oxidation sites excluding steroid dienone is 1. The van der Waals surface area contributed by atoms with E-state index in [0.29, 0.717) is 0 Å². The van der Waals surface area contributed by atoms with Gasteiger partial charge in [-0.05, 0) is 11.8 Å². The third-order valence-corrected chi connectivity index (χ3v) is 1.79. The molecule has 1 aromatic heterocycles. The number of hydrogen-bond donors (Lipinski definition) is 1. The largest absolute Gasteiger partial charge is 0.499 e. The Balaban J connectivity index is 2.52. The molecular formula is C9H13N3O4. The van der Waals surface area contributed by atoms with Crippen LogP contribution >= 0.6 is 0 Å². The van der Waals surface area contributed by atoms with Gasteiger partial charge in [0.1, 0.15) is 31.6 Å². The molecule has 0 amide bonds. The molecule has 0 spiro atoms. The quantitative estimate of drug-likeness (QED) is 0.439. The number of nitro groups is 1. The van der Waals surface area contributed by atoms with E-state index in [-0.39, 0.29) is 19.1 Å². The van der Waals surface area contributed by atoms with Gasteiger partial charge >= 0.3 is 5.95 Å². The molecule has 1 aromatic rings. The maximum atomic E-state index is 10.5. The van der Waals surface area contributed by atoms with Crippen molar-refractivity contribution in [1.29, 1.82) is 0 Å². The van der Waals surface area contributed by atoms with Gasteiger partial charge in [-0.1, -0.05) is 11.1 Å². The number of aromatic nitrogens is 2. The van der Waals surface area contributed by atoms with E-state index in [1.807, 2.05) is 0 Å². The van der Waals surface area contributed by atoms with Gasteiger partial charge in [-0.3, -0.25) is 0 Å². The van der Waals surface area contributed by atoms with Gasteiger partial charge in [0.05, 0.1) is 6.26 Å². The van der Waals surface area contributed by atoms with Gasteiger partial charge in [-0.15, -0.1) is 0 Å². The summed E-state index contributed by atoms with van der Waals surface area (Å²) >= 11 is 0. The summed E-state index contributed by atoms with van der Waals surface area (Å²) in [6.07, 6.45) is 5.08. The second-order valence-corrected chi connectivity index (χ2v) is 3.09. The molecule has 1 N–H and O–H groups in total. The van der Waals surface area contributed by atoms with E-state index in [1.165, 1.54) is 23.2 Å². The first-order valence-corrected chi connectivity index (χ1v) is 4.71. The summed E-state index contributed by atoms with van der Waals surface area (Å²) in [4.78, 5) is 13.5. The molecular weight excluding hydrogens is 214 g/mol. The van der Waals surface area contributed by atoms with E-state index >= 15 is 0 Å². The molecule has 1 rings (SSSR count). The second-order valence-electron chi connectivity index (χ2n) is 3.09. The van der Waals surface area contributed by atoms with Crippen LogP contribution in [0.15, 0.2) is 24.7 Å². The molecule has 88 valence electrons. The van der Waals surface area contributed by atoms with Crippen LogP contribution in [0.5, 0.6) is 0 Å². The summed E-state index contributed by atoms with van der Waals surface area (Å²) < 4.78 is 6.23. The normalized spacial score (nSPS) is 12.9. The minimum Gasteiger partial charge on any atom is -0.499 e. The fourth-order valence-corrected chi connectivity index (χ4v) is 1.16. The minimum absolute atomic E-state index is 0.0772. The molecule has 0 fully saturated rings. The maximum Gasteiger partial charge on any atom is 0.434 e. The lowest BCUT2D eigenvalue weighted by Crippen LogP contribution is -2.21. The van der Waals surface area contributed by atoms with Crippen molar-refractivity contribution >= 4 is 5.95 Å². The molecule has 7 nitrogen and oxygen atoms in total.